The molecule has 2 atom stereocenters. The van der Waals surface area contributed by atoms with Crippen LogP contribution in [0.4, 0.5) is 0 Å². The molecule has 0 saturated heterocycles. The number of aliphatic carboxylic acids is 1. The molecule has 1 aliphatic carbocycles. The predicted octanol–water partition coefficient (Wildman–Crippen LogP) is 3.40. The van der Waals surface area contributed by atoms with Crippen LogP contribution in [-0.4, -0.2) is 44.8 Å². The van der Waals surface area contributed by atoms with Crippen molar-refractivity contribution >= 4 is 41.7 Å². The molecule has 1 fully saturated rings. The molecular formula is C25H32N2O5S2. The molecule has 0 aliphatic heterocycles. The van der Waals surface area contributed by atoms with Crippen molar-refractivity contribution < 1.29 is 24.6 Å². The number of thiol groups is 1. The van der Waals surface area contributed by atoms with Crippen molar-refractivity contribution in [3.8, 4) is 11.1 Å². The molecule has 9 heteroatoms. The second kappa shape index (κ2) is 11.4. The van der Waals surface area contributed by atoms with Gasteiger partial charge in [0.2, 0.25) is 11.8 Å². The van der Waals surface area contributed by atoms with Crippen molar-refractivity contribution in [3.63, 3.8) is 0 Å². The molecule has 1 saturated carbocycles. The van der Waals surface area contributed by atoms with Crippen LogP contribution in [0.2, 0.25) is 0 Å². The first-order valence-electron chi connectivity index (χ1n) is 11.5. The number of carbonyl (C=O) groups excluding carboxylic acids is 2. The topological polar surface area (TPSA) is 116 Å². The Morgan fingerprint density at radius 1 is 1.12 bits per heavy atom. The highest BCUT2D eigenvalue weighted by molar-refractivity contribution is 7.81. The highest BCUT2D eigenvalue weighted by Gasteiger charge is 2.44. The molecule has 1 aromatic heterocycles. The van der Waals surface area contributed by atoms with Gasteiger partial charge in [-0.05, 0) is 46.9 Å². The number of thiophene rings is 1. The lowest BCUT2D eigenvalue weighted by atomic mass is 9.94. The fraction of sp³-hybridized carbons (Fsp3) is 0.480. The molecule has 0 radical (unpaired) electrons. The third-order valence-corrected chi connectivity index (χ3v) is 8.05. The van der Waals surface area contributed by atoms with E-state index in [-0.39, 0.29) is 24.9 Å². The lowest BCUT2D eigenvalue weighted by Gasteiger charge is -2.32. The van der Waals surface area contributed by atoms with E-state index >= 15 is 0 Å². The van der Waals surface area contributed by atoms with Crippen molar-refractivity contribution in [2.24, 2.45) is 5.92 Å². The van der Waals surface area contributed by atoms with Crippen LogP contribution in [0, 0.1) is 5.92 Å². The molecule has 4 N–H and O–H groups in total. The van der Waals surface area contributed by atoms with E-state index in [1.54, 1.807) is 0 Å². The van der Waals surface area contributed by atoms with Gasteiger partial charge >= 0.3 is 5.97 Å². The van der Waals surface area contributed by atoms with Crippen LogP contribution in [0.3, 0.4) is 0 Å². The zero-order valence-corrected chi connectivity index (χ0v) is 21.1. The number of hydrogen-bond acceptors (Lipinski definition) is 6. The standard InChI is InChI=1S/C25H32N2O5S2/c1-15(2)21(33)22(29)27-25(9-3-4-10-25)24(32)26-20(23(30)31)11-16-5-7-17(8-6-16)18-12-19(13-28)34-14-18/h5-8,12,14-15,20-21,28,33H,3-4,9-11,13H2,1-2H3,(H,26,32)(H,27,29)(H,30,31)/t20?,21-/m0/s1. The summed E-state index contributed by atoms with van der Waals surface area (Å²) in [4.78, 5) is 38.7. The Bertz CT molecular complexity index is 1010. The highest BCUT2D eigenvalue weighted by Crippen LogP contribution is 2.31. The average Bonchev–Trinajstić information content (AvgIpc) is 3.48. The molecule has 1 unspecified atom stereocenters. The first-order chi connectivity index (χ1) is 16.1. The molecule has 34 heavy (non-hydrogen) atoms. The van der Waals surface area contributed by atoms with Gasteiger partial charge in [0.1, 0.15) is 11.6 Å². The number of rotatable bonds is 10. The minimum atomic E-state index is -1.13. The van der Waals surface area contributed by atoms with E-state index in [1.807, 2.05) is 49.6 Å². The minimum absolute atomic E-state index is 0.00317. The summed E-state index contributed by atoms with van der Waals surface area (Å²) >= 11 is 5.84. The Labute approximate surface area is 209 Å². The van der Waals surface area contributed by atoms with Crippen molar-refractivity contribution in [3.05, 3.63) is 46.2 Å². The maximum atomic E-state index is 13.2. The van der Waals surface area contributed by atoms with Gasteiger partial charge in [0.15, 0.2) is 0 Å². The summed E-state index contributed by atoms with van der Waals surface area (Å²) < 4.78 is 0. The Kier molecular flexibility index (Phi) is 8.78. The number of carbonyl (C=O) groups is 3. The molecule has 7 nitrogen and oxygen atoms in total. The largest absolute Gasteiger partial charge is 0.480 e. The number of hydrogen-bond donors (Lipinski definition) is 5. The number of benzene rings is 1. The van der Waals surface area contributed by atoms with E-state index in [2.05, 4.69) is 23.3 Å². The second-order valence-electron chi connectivity index (χ2n) is 9.19. The van der Waals surface area contributed by atoms with E-state index in [4.69, 9.17) is 0 Å². The molecule has 3 rings (SSSR count). The lowest BCUT2D eigenvalue weighted by Crippen LogP contribution is -2.61. The number of aliphatic hydroxyl groups is 1. The summed E-state index contributed by atoms with van der Waals surface area (Å²) in [6.45, 7) is 3.76. The summed E-state index contributed by atoms with van der Waals surface area (Å²) in [6.07, 6.45) is 2.64. The SMILES string of the molecule is CC(C)[C@H](S)C(=O)NC1(C(=O)NC(Cc2ccc(-c3csc(CO)c3)cc2)C(=O)O)CCCC1. The van der Waals surface area contributed by atoms with Gasteiger partial charge in [-0.25, -0.2) is 4.79 Å². The zero-order chi connectivity index (χ0) is 24.9. The summed E-state index contributed by atoms with van der Waals surface area (Å²) in [6, 6.07) is 8.29. The molecule has 2 aromatic rings. The maximum Gasteiger partial charge on any atom is 0.326 e. The number of nitrogens with one attached hydrogen (secondary N) is 2. The summed E-state index contributed by atoms with van der Waals surface area (Å²) in [7, 11) is 0. The maximum absolute atomic E-state index is 13.2. The first kappa shape index (κ1) is 26.2. The van der Waals surface area contributed by atoms with E-state index in [0.717, 1.165) is 34.4 Å². The predicted molar refractivity (Wildman–Crippen MR) is 136 cm³/mol. The van der Waals surface area contributed by atoms with Crippen molar-refractivity contribution in [1.29, 1.82) is 0 Å². The van der Waals surface area contributed by atoms with Crippen LogP contribution in [0.5, 0.6) is 0 Å². The Hall–Kier alpha value is -2.36. The second-order valence-corrected chi connectivity index (χ2v) is 10.7. The number of carboxylic acid groups (broad SMARTS) is 1. The van der Waals surface area contributed by atoms with E-state index in [0.29, 0.717) is 12.8 Å². The number of aliphatic hydroxyl groups excluding tert-OH is 1. The molecule has 0 bridgehead atoms. The van der Waals surface area contributed by atoms with Crippen LogP contribution >= 0.6 is 24.0 Å². The van der Waals surface area contributed by atoms with E-state index in [1.165, 1.54) is 11.3 Å². The molecule has 1 aromatic carbocycles. The Balaban J connectivity index is 1.70. The normalized spacial score (nSPS) is 16.7. The van der Waals surface area contributed by atoms with Crippen LogP contribution in [0.25, 0.3) is 11.1 Å². The number of amides is 2. The Morgan fingerprint density at radius 3 is 2.29 bits per heavy atom. The van der Waals surface area contributed by atoms with Crippen molar-refractivity contribution in [2.45, 2.75) is 69.4 Å². The van der Waals surface area contributed by atoms with Crippen LogP contribution in [-0.2, 0) is 27.4 Å². The molecule has 0 spiro atoms. The van der Waals surface area contributed by atoms with Crippen LogP contribution < -0.4 is 10.6 Å². The van der Waals surface area contributed by atoms with Crippen LogP contribution in [0.1, 0.15) is 50.0 Å². The fourth-order valence-electron chi connectivity index (χ4n) is 4.18. The van der Waals surface area contributed by atoms with Crippen molar-refractivity contribution in [1.82, 2.24) is 10.6 Å². The quantitative estimate of drug-likeness (QED) is 0.318. The molecular weight excluding hydrogens is 472 g/mol. The van der Waals surface area contributed by atoms with Gasteiger partial charge in [-0.2, -0.15) is 12.6 Å². The fourth-order valence-corrected chi connectivity index (χ4v) is 5.00. The zero-order valence-electron chi connectivity index (χ0n) is 19.4. The summed E-state index contributed by atoms with van der Waals surface area (Å²) in [5.74, 6) is -1.89. The molecule has 1 aliphatic rings. The smallest absolute Gasteiger partial charge is 0.326 e. The van der Waals surface area contributed by atoms with Crippen molar-refractivity contribution in [2.75, 3.05) is 0 Å². The minimum Gasteiger partial charge on any atom is -0.480 e. The van der Waals surface area contributed by atoms with E-state index < -0.39 is 28.7 Å². The van der Waals surface area contributed by atoms with E-state index in [9.17, 15) is 24.6 Å². The van der Waals surface area contributed by atoms with Gasteiger partial charge in [0.05, 0.1) is 11.9 Å². The average molecular weight is 505 g/mol. The van der Waals surface area contributed by atoms with Crippen LogP contribution in [0.15, 0.2) is 35.7 Å². The van der Waals surface area contributed by atoms with Gasteiger partial charge in [-0.15, -0.1) is 11.3 Å². The van der Waals surface area contributed by atoms with Gasteiger partial charge < -0.3 is 20.8 Å². The number of carboxylic acids is 1. The van der Waals surface area contributed by atoms with Gasteiger partial charge in [-0.3, -0.25) is 9.59 Å². The summed E-state index contributed by atoms with van der Waals surface area (Å²) in [5, 5.41) is 26.0. The van der Waals surface area contributed by atoms with Gasteiger partial charge in [0, 0.05) is 11.3 Å². The molecule has 2 amide bonds. The first-order valence-corrected chi connectivity index (χ1v) is 12.9. The monoisotopic (exact) mass is 504 g/mol. The van der Waals surface area contributed by atoms with Gasteiger partial charge in [0.25, 0.3) is 0 Å². The Morgan fingerprint density at radius 2 is 1.76 bits per heavy atom. The third-order valence-electron chi connectivity index (χ3n) is 6.29. The lowest BCUT2D eigenvalue weighted by molar-refractivity contribution is -0.143. The molecule has 184 valence electrons. The molecule has 1 heterocycles. The summed E-state index contributed by atoms with van der Waals surface area (Å²) in [5.41, 5.74) is 1.63. The third kappa shape index (κ3) is 6.20. The highest BCUT2D eigenvalue weighted by atomic mass is 32.1. The van der Waals surface area contributed by atoms with Gasteiger partial charge in [-0.1, -0.05) is 51.0 Å².